The molecule has 28 heavy (non-hydrogen) atoms. The van der Waals surface area contributed by atoms with Gasteiger partial charge >= 0.3 is 0 Å². The van der Waals surface area contributed by atoms with E-state index in [1.54, 1.807) is 5.38 Å². The van der Waals surface area contributed by atoms with Crippen LogP contribution in [0.4, 0.5) is 11.5 Å². The maximum Gasteiger partial charge on any atom is 0.254 e. The van der Waals surface area contributed by atoms with Crippen molar-refractivity contribution >= 4 is 44.7 Å². The first kappa shape index (κ1) is 19.7. The molecule has 0 fully saturated rings. The van der Waals surface area contributed by atoms with E-state index in [1.807, 2.05) is 25.1 Å². The van der Waals surface area contributed by atoms with Crippen molar-refractivity contribution in [3.05, 3.63) is 59.3 Å². The number of anilines is 2. The van der Waals surface area contributed by atoms with Gasteiger partial charge < -0.3 is 15.7 Å². The summed E-state index contributed by atoms with van der Waals surface area (Å²) in [5, 5.41) is 16.6. The predicted molar refractivity (Wildman–Crippen MR) is 110 cm³/mol. The monoisotopic (exact) mass is 396 g/mol. The Morgan fingerprint density at radius 3 is 2.89 bits per heavy atom. The summed E-state index contributed by atoms with van der Waals surface area (Å²) >= 11 is 1.36. The second kappa shape index (κ2) is 8.73. The number of aryl methyl sites for hydroxylation is 1. The van der Waals surface area contributed by atoms with Gasteiger partial charge in [-0.1, -0.05) is 24.8 Å². The summed E-state index contributed by atoms with van der Waals surface area (Å²) in [6.45, 7) is 5.53. The van der Waals surface area contributed by atoms with Crippen molar-refractivity contribution in [3.63, 3.8) is 0 Å². The average molecular weight is 396 g/mol. The standard InChI is InChI=1S/C20H20N4O3S/c1-3-14(26)9-13-6-4-5-12(2)16(13)24-19-18-17(22-11-23-19)15(10-28-18)20(27)21-7-8-25/h3-6,10-11,25H,1,7-9H2,2H3,(H,21,27)(H,22,23,24). The van der Waals surface area contributed by atoms with Gasteiger partial charge in [-0.15, -0.1) is 11.3 Å². The first-order chi connectivity index (χ1) is 13.5. The Morgan fingerprint density at radius 1 is 1.32 bits per heavy atom. The topological polar surface area (TPSA) is 104 Å². The molecule has 0 saturated heterocycles. The minimum Gasteiger partial charge on any atom is -0.395 e. The zero-order chi connectivity index (χ0) is 20.1. The fourth-order valence-corrected chi connectivity index (χ4v) is 3.74. The highest BCUT2D eigenvalue weighted by atomic mass is 32.1. The van der Waals surface area contributed by atoms with Gasteiger partial charge in [0.1, 0.15) is 6.33 Å². The van der Waals surface area contributed by atoms with Crippen molar-refractivity contribution in [1.82, 2.24) is 15.3 Å². The number of aliphatic hydroxyl groups is 1. The maximum absolute atomic E-state index is 12.3. The van der Waals surface area contributed by atoms with E-state index in [2.05, 4.69) is 27.2 Å². The van der Waals surface area contributed by atoms with Crippen LogP contribution in [0, 0.1) is 6.92 Å². The number of nitrogens with zero attached hydrogens (tertiary/aromatic N) is 2. The number of thiophene rings is 1. The van der Waals surface area contributed by atoms with E-state index >= 15 is 0 Å². The number of ketones is 1. The van der Waals surface area contributed by atoms with Gasteiger partial charge in [-0.25, -0.2) is 9.97 Å². The van der Waals surface area contributed by atoms with Crippen LogP contribution in [0.15, 0.2) is 42.6 Å². The smallest absolute Gasteiger partial charge is 0.254 e. The minimum absolute atomic E-state index is 0.0690. The van der Waals surface area contributed by atoms with Crippen LogP contribution >= 0.6 is 11.3 Å². The number of para-hydroxylation sites is 1. The molecular weight excluding hydrogens is 376 g/mol. The summed E-state index contributed by atoms with van der Waals surface area (Å²) < 4.78 is 0.737. The summed E-state index contributed by atoms with van der Waals surface area (Å²) in [7, 11) is 0. The number of nitrogens with one attached hydrogen (secondary N) is 2. The number of rotatable bonds is 8. The highest BCUT2D eigenvalue weighted by molar-refractivity contribution is 7.18. The van der Waals surface area contributed by atoms with E-state index in [0.29, 0.717) is 16.9 Å². The molecule has 0 saturated carbocycles. The van der Waals surface area contributed by atoms with Crippen LogP contribution in [0.1, 0.15) is 21.5 Å². The lowest BCUT2D eigenvalue weighted by molar-refractivity contribution is -0.114. The Hall–Kier alpha value is -3.10. The number of aliphatic hydroxyl groups excluding tert-OH is 1. The van der Waals surface area contributed by atoms with E-state index in [-0.39, 0.29) is 31.3 Å². The third-order valence-corrected chi connectivity index (χ3v) is 5.17. The van der Waals surface area contributed by atoms with Gasteiger partial charge in [0.2, 0.25) is 0 Å². The first-order valence-corrected chi connectivity index (χ1v) is 9.55. The van der Waals surface area contributed by atoms with E-state index in [0.717, 1.165) is 21.5 Å². The maximum atomic E-state index is 12.3. The van der Waals surface area contributed by atoms with Crippen molar-refractivity contribution < 1.29 is 14.7 Å². The zero-order valence-electron chi connectivity index (χ0n) is 15.4. The number of amides is 1. The van der Waals surface area contributed by atoms with Gasteiger partial charge in [-0.2, -0.15) is 0 Å². The van der Waals surface area contributed by atoms with Crippen molar-refractivity contribution in [2.24, 2.45) is 0 Å². The molecule has 2 aromatic heterocycles. The van der Waals surface area contributed by atoms with Gasteiger partial charge in [0.05, 0.1) is 22.4 Å². The Bertz CT molecular complexity index is 1050. The Balaban J connectivity index is 1.98. The fourth-order valence-electron chi connectivity index (χ4n) is 2.80. The van der Waals surface area contributed by atoms with Gasteiger partial charge in [0.25, 0.3) is 5.91 Å². The van der Waals surface area contributed by atoms with Crippen molar-refractivity contribution in [3.8, 4) is 0 Å². The number of aromatic nitrogens is 2. The molecule has 0 aliphatic heterocycles. The van der Waals surface area contributed by atoms with Crippen LogP contribution in [-0.2, 0) is 11.2 Å². The number of hydrogen-bond donors (Lipinski definition) is 3. The van der Waals surface area contributed by atoms with Crippen LogP contribution < -0.4 is 10.6 Å². The Kier molecular flexibility index (Phi) is 6.13. The third-order valence-electron chi connectivity index (χ3n) is 4.19. The van der Waals surface area contributed by atoms with Gasteiger partial charge in [0, 0.05) is 24.0 Å². The molecule has 2 heterocycles. The van der Waals surface area contributed by atoms with E-state index in [1.165, 1.54) is 23.7 Å². The molecule has 8 heteroatoms. The van der Waals surface area contributed by atoms with Crippen LogP contribution in [-0.4, -0.2) is 39.9 Å². The minimum atomic E-state index is -0.293. The molecule has 3 N–H and O–H groups in total. The number of benzene rings is 1. The first-order valence-electron chi connectivity index (χ1n) is 8.67. The summed E-state index contributed by atoms with van der Waals surface area (Å²) in [5.74, 6) is 0.205. The predicted octanol–water partition coefficient (Wildman–Crippen LogP) is 2.76. The molecule has 0 aliphatic rings. The molecule has 7 nitrogen and oxygen atoms in total. The van der Waals surface area contributed by atoms with Crippen molar-refractivity contribution in [2.45, 2.75) is 13.3 Å². The van der Waals surface area contributed by atoms with Gasteiger partial charge in [0.15, 0.2) is 11.6 Å². The third kappa shape index (κ3) is 4.08. The number of carbonyl (C=O) groups is 2. The molecule has 0 bridgehead atoms. The molecule has 0 aliphatic carbocycles. The Morgan fingerprint density at radius 2 is 2.14 bits per heavy atom. The number of fused-ring (bicyclic) bond motifs is 1. The molecule has 0 radical (unpaired) electrons. The highest BCUT2D eigenvalue weighted by Gasteiger charge is 2.17. The lowest BCUT2D eigenvalue weighted by Gasteiger charge is -2.14. The number of hydrogen-bond acceptors (Lipinski definition) is 7. The molecule has 1 aromatic carbocycles. The summed E-state index contributed by atoms with van der Waals surface area (Å²) in [6.07, 6.45) is 2.94. The molecule has 0 unspecified atom stereocenters. The van der Waals surface area contributed by atoms with Gasteiger partial charge in [-0.05, 0) is 24.1 Å². The van der Waals surface area contributed by atoms with Crippen molar-refractivity contribution in [2.75, 3.05) is 18.5 Å². The van der Waals surface area contributed by atoms with E-state index in [4.69, 9.17) is 5.11 Å². The van der Waals surface area contributed by atoms with E-state index < -0.39 is 0 Å². The normalized spacial score (nSPS) is 10.6. The van der Waals surface area contributed by atoms with Crippen LogP contribution in [0.25, 0.3) is 10.2 Å². The lowest BCUT2D eigenvalue weighted by Crippen LogP contribution is -2.26. The van der Waals surface area contributed by atoms with E-state index in [9.17, 15) is 9.59 Å². The molecule has 3 aromatic rings. The van der Waals surface area contributed by atoms with Crippen molar-refractivity contribution in [1.29, 1.82) is 0 Å². The second-order valence-electron chi connectivity index (χ2n) is 6.11. The molecule has 3 rings (SSSR count). The summed E-state index contributed by atoms with van der Waals surface area (Å²) in [5.41, 5.74) is 3.59. The number of carbonyl (C=O) groups excluding carboxylic acids is 2. The van der Waals surface area contributed by atoms with Crippen LogP contribution in [0.3, 0.4) is 0 Å². The van der Waals surface area contributed by atoms with Crippen LogP contribution in [0.5, 0.6) is 0 Å². The molecule has 0 atom stereocenters. The van der Waals surface area contributed by atoms with Gasteiger partial charge in [-0.3, -0.25) is 9.59 Å². The summed E-state index contributed by atoms with van der Waals surface area (Å²) in [6, 6.07) is 5.73. The molecule has 0 spiro atoms. The summed E-state index contributed by atoms with van der Waals surface area (Å²) in [4.78, 5) is 32.7. The lowest BCUT2D eigenvalue weighted by atomic mass is 10.0. The number of allylic oxidation sites excluding steroid dienone is 1. The average Bonchev–Trinajstić information content (AvgIpc) is 3.13. The second-order valence-corrected chi connectivity index (χ2v) is 6.99. The molecular formula is C20H20N4O3S. The highest BCUT2D eigenvalue weighted by Crippen LogP contribution is 2.33. The molecule has 1 amide bonds. The zero-order valence-corrected chi connectivity index (χ0v) is 16.2. The molecule has 144 valence electrons. The Labute approximate surface area is 166 Å². The van der Waals surface area contributed by atoms with Crippen LogP contribution in [0.2, 0.25) is 0 Å². The largest absolute Gasteiger partial charge is 0.395 e. The fraction of sp³-hybridized carbons (Fsp3) is 0.200. The quantitative estimate of drug-likeness (QED) is 0.506. The SMILES string of the molecule is C=CC(=O)Cc1cccc(C)c1Nc1ncnc2c(C(=O)NCCO)csc12.